The molecule has 2 aliphatic heterocycles. The van der Waals surface area contributed by atoms with Gasteiger partial charge in [0.05, 0.1) is 18.3 Å². The Morgan fingerprint density at radius 2 is 0.735 bits per heavy atom. The lowest BCUT2D eigenvalue weighted by molar-refractivity contribution is 0.171. The van der Waals surface area contributed by atoms with Crippen molar-refractivity contribution >= 4 is 66.5 Å². The van der Waals surface area contributed by atoms with E-state index in [1.807, 2.05) is 113 Å². The summed E-state index contributed by atoms with van der Waals surface area (Å²) in [7, 11) is 0. The third-order valence-corrected chi connectivity index (χ3v) is 9.98. The number of H-pyrrole nitrogens is 1. The number of benzene rings is 4. The Hall–Kier alpha value is -6.18. The van der Waals surface area contributed by atoms with Crippen molar-refractivity contribution in [3.05, 3.63) is 208 Å². The Kier molecular flexibility index (Phi) is 54.7. The summed E-state index contributed by atoms with van der Waals surface area (Å²) in [6.07, 6.45) is 9.95. The minimum absolute atomic E-state index is 0.500. The number of thiazole rings is 1. The molecule has 12 rings (SSSR count). The number of nitrogens with one attached hydrogen (secondary N) is 1. The SMILES string of the molecule is CC(C)(C)C.CC(C)(C)C.CC(C)(C)C.CC(C)(C)C.CC(C)(C)C.CC(C)(C)C.CC(C)(C)C.CC(C)(C)C.c1ccc2[nH]ccc2c1.c1ccc2c(c1)CCO2.c1ccc2c(c1)OCCO2.c1ccc2sccc2c1.c1ccncc1.c1ccsc1.c1cscn1.c1csnn1. The zero-order valence-corrected chi connectivity index (χ0v) is 70.9. The highest BCUT2D eigenvalue weighted by Gasteiger charge is 2.09. The lowest BCUT2D eigenvalue weighted by atomic mass is 10.0. The average Bonchev–Trinajstić information content (AvgIpc) is 1.78. The summed E-state index contributed by atoms with van der Waals surface area (Å²) in [5.41, 5.74) is 8.34. The molecule has 0 fully saturated rings. The minimum atomic E-state index is 0.500. The second-order valence-corrected chi connectivity index (χ2v) is 38.6. The highest BCUT2D eigenvalue weighted by atomic mass is 32.1. The Morgan fingerprint density at radius 1 is 0.327 bits per heavy atom. The van der Waals surface area contributed by atoms with Crippen LogP contribution in [0.15, 0.2) is 203 Å². The fourth-order valence-corrected chi connectivity index (χ4v) is 6.73. The molecular formula is C86H139N5O3S4. The van der Waals surface area contributed by atoms with Crippen LogP contribution in [0.2, 0.25) is 0 Å². The van der Waals surface area contributed by atoms with Crippen LogP contribution in [0.25, 0.3) is 21.0 Å². The van der Waals surface area contributed by atoms with Gasteiger partial charge in [-0.05, 0) is 142 Å². The molecule has 0 aliphatic carbocycles. The molecule has 12 heteroatoms. The smallest absolute Gasteiger partial charge is 0.161 e. The van der Waals surface area contributed by atoms with Gasteiger partial charge in [0.2, 0.25) is 0 Å². The number of fused-ring (bicyclic) bond motifs is 4. The maximum atomic E-state index is 5.30. The van der Waals surface area contributed by atoms with E-state index in [-0.39, 0.29) is 0 Å². The molecule has 0 unspecified atom stereocenters. The molecule has 8 nitrogen and oxygen atoms in total. The van der Waals surface area contributed by atoms with Crippen LogP contribution in [0.4, 0.5) is 0 Å². The summed E-state index contributed by atoms with van der Waals surface area (Å²) in [6, 6.07) is 46.5. The molecule has 0 atom stereocenters. The molecule has 10 aromatic rings. The zero-order chi connectivity index (χ0) is 76.0. The molecule has 0 spiro atoms. The number of rotatable bonds is 0. The molecule has 4 aromatic carbocycles. The van der Waals surface area contributed by atoms with Crippen LogP contribution in [0.1, 0.15) is 227 Å². The molecule has 2 aliphatic rings. The van der Waals surface area contributed by atoms with Crippen molar-refractivity contribution in [2.75, 3.05) is 19.8 Å². The van der Waals surface area contributed by atoms with Gasteiger partial charge >= 0.3 is 0 Å². The Balaban J connectivity index is -0.000000485. The Labute approximate surface area is 617 Å². The molecule has 98 heavy (non-hydrogen) atoms. The van der Waals surface area contributed by atoms with Crippen molar-refractivity contribution in [3.63, 3.8) is 0 Å². The lowest BCUT2D eigenvalue weighted by Gasteiger charge is -2.17. The summed E-state index contributed by atoms with van der Waals surface area (Å²) in [6.45, 7) is 72.2. The molecule has 6 aromatic heterocycles. The average molecular weight is 1420 g/mol. The quantitative estimate of drug-likeness (QED) is 0.162. The van der Waals surface area contributed by atoms with Crippen LogP contribution in [-0.2, 0) is 6.42 Å². The van der Waals surface area contributed by atoms with E-state index in [2.05, 4.69) is 306 Å². The van der Waals surface area contributed by atoms with E-state index in [1.165, 1.54) is 38.1 Å². The number of aromatic nitrogens is 5. The number of aromatic amines is 1. The number of thiophene rings is 2. The number of pyridine rings is 1. The van der Waals surface area contributed by atoms with Gasteiger partial charge in [-0.2, -0.15) is 11.3 Å². The second-order valence-electron chi connectivity index (χ2n) is 35.5. The lowest BCUT2D eigenvalue weighted by Crippen LogP contribution is -2.14. The maximum absolute atomic E-state index is 5.30. The van der Waals surface area contributed by atoms with Crippen LogP contribution >= 0.6 is 45.5 Å². The summed E-state index contributed by atoms with van der Waals surface area (Å²) in [4.78, 5) is 10.6. The molecule has 0 amide bonds. The first kappa shape index (κ1) is 98.2. The van der Waals surface area contributed by atoms with Crippen molar-refractivity contribution in [2.45, 2.75) is 228 Å². The van der Waals surface area contributed by atoms with Gasteiger partial charge in [0, 0.05) is 52.2 Å². The monoisotopic (exact) mass is 1420 g/mol. The first-order chi connectivity index (χ1) is 44.9. The highest BCUT2D eigenvalue weighted by molar-refractivity contribution is 7.17. The van der Waals surface area contributed by atoms with Gasteiger partial charge in [-0.3, -0.25) is 9.97 Å². The van der Waals surface area contributed by atoms with Crippen LogP contribution in [0.3, 0.4) is 0 Å². The van der Waals surface area contributed by atoms with Gasteiger partial charge in [0.25, 0.3) is 0 Å². The van der Waals surface area contributed by atoms with E-state index in [0.717, 1.165) is 30.3 Å². The van der Waals surface area contributed by atoms with Gasteiger partial charge in [-0.15, -0.1) is 27.8 Å². The molecule has 0 saturated heterocycles. The van der Waals surface area contributed by atoms with Crippen LogP contribution in [-0.4, -0.2) is 44.4 Å². The predicted molar refractivity (Wildman–Crippen MR) is 445 cm³/mol. The van der Waals surface area contributed by atoms with E-state index >= 15 is 0 Å². The fourth-order valence-electron chi connectivity index (χ4n) is 4.87. The normalized spacial score (nSPS) is 11.3. The van der Waals surface area contributed by atoms with Gasteiger partial charge in [0.15, 0.2) is 11.5 Å². The van der Waals surface area contributed by atoms with Crippen LogP contribution in [0.5, 0.6) is 17.2 Å². The third-order valence-electron chi connectivity index (χ3n) is 7.50. The van der Waals surface area contributed by atoms with Gasteiger partial charge in [-0.1, -0.05) is 311 Å². The predicted octanol–water partition coefficient (Wildman–Crippen LogP) is 29.1. The summed E-state index contributed by atoms with van der Waals surface area (Å²) in [5.74, 6) is 2.78. The van der Waals surface area contributed by atoms with E-state index < -0.39 is 0 Å². The number of hydrogen-bond acceptors (Lipinski definition) is 11. The van der Waals surface area contributed by atoms with E-state index in [4.69, 9.17) is 14.2 Å². The molecule has 1 N–H and O–H groups in total. The van der Waals surface area contributed by atoms with Crippen LogP contribution in [0, 0.1) is 43.3 Å². The van der Waals surface area contributed by atoms with E-state index in [9.17, 15) is 0 Å². The first-order valence-electron chi connectivity index (χ1n) is 34.2. The van der Waals surface area contributed by atoms with Crippen LogP contribution < -0.4 is 14.2 Å². The number of para-hydroxylation sites is 4. The van der Waals surface area contributed by atoms with Gasteiger partial charge < -0.3 is 19.2 Å². The van der Waals surface area contributed by atoms with E-state index in [1.54, 1.807) is 64.3 Å². The van der Waals surface area contributed by atoms with E-state index in [0.29, 0.717) is 56.5 Å². The first-order valence-corrected chi connectivity index (χ1v) is 37.8. The second kappa shape index (κ2) is 54.6. The van der Waals surface area contributed by atoms with Crippen molar-refractivity contribution in [3.8, 4) is 17.2 Å². The topological polar surface area (TPSA) is 95.0 Å². The standard InChI is InChI=1S/C8H7N.C8H8O2.C8H8O.C8H6S.C5H5N.8C5H12.C4H4S.C3H3NS.C2H2N2S/c1-2-4-8-7(3-1)5-6-9-8;1-2-4-8-7(3-1)9-5-6-10-8;2*1-2-4-8-7(3-1)5-6-9-8;1-2-4-6-5-3-1;8*1-5(2,3)4;1-2-4-5-3-1;1-2-5-3-4-1;1-2-5-4-3-1/h1-6,9H;1-4H,5-6H2;1-4H,5-6H2;1-6H;1-5H;8*1-4H3;1-4H;1-3H;1-2H. The summed E-state index contributed by atoms with van der Waals surface area (Å²) in [5, 5.41) is 16.1. The molecule has 8 heterocycles. The van der Waals surface area contributed by atoms with Crippen molar-refractivity contribution in [2.24, 2.45) is 43.3 Å². The number of ether oxygens (including phenoxy) is 3. The molecule has 0 radical (unpaired) electrons. The third kappa shape index (κ3) is 101. The number of hydrogen-bond donors (Lipinski definition) is 1. The molecular weight excluding hydrogens is 1280 g/mol. The Bertz CT molecular complexity index is 2720. The highest BCUT2D eigenvalue weighted by Crippen LogP contribution is 2.28. The number of nitrogens with zero attached hydrogens (tertiary/aromatic N) is 4. The summed E-state index contributed by atoms with van der Waals surface area (Å²) >= 11 is 6.45. The zero-order valence-electron chi connectivity index (χ0n) is 67.6. The van der Waals surface area contributed by atoms with Crippen molar-refractivity contribution < 1.29 is 14.2 Å². The van der Waals surface area contributed by atoms with Crippen molar-refractivity contribution in [1.29, 1.82) is 0 Å². The van der Waals surface area contributed by atoms with Gasteiger partial charge in [0.1, 0.15) is 19.0 Å². The summed E-state index contributed by atoms with van der Waals surface area (Å²) < 4.78 is 20.8. The fraction of sp³-hybridized carbons (Fsp3) is 0.512. The van der Waals surface area contributed by atoms with Gasteiger partial charge in [-0.25, -0.2) is 0 Å². The Morgan fingerprint density at radius 3 is 1.05 bits per heavy atom. The maximum Gasteiger partial charge on any atom is 0.161 e. The minimum Gasteiger partial charge on any atom is -0.493 e. The molecule has 0 bridgehead atoms. The largest absolute Gasteiger partial charge is 0.493 e. The molecule has 550 valence electrons. The van der Waals surface area contributed by atoms with Crippen molar-refractivity contribution in [1.82, 2.24) is 24.5 Å². The molecule has 0 saturated carbocycles.